The normalized spacial score (nSPS) is 17.2. The molecule has 0 unspecified atom stereocenters. The highest BCUT2D eigenvalue weighted by Gasteiger charge is 2.05. The lowest BCUT2D eigenvalue weighted by Gasteiger charge is -2.07. The van der Waals surface area contributed by atoms with E-state index in [1.165, 1.54) is 0 Å². The van der Waals surface area contributed by atoms with Gasteiger partial charge in [-0.05, 0) is 29.9 Å². The summed E-state index contributed by atoms with van der Waals surface area (Å²) < 4.78 is 4.82. The highest BCUT2D eigenvalue weighted by atomic mass is 32.2. The number of carbonyl (C=O) groups is 1. The lowest BCUT2D eigenvalue weighted by Crippen LogP contribution is -2.03. The van der Waals surface area contributed by atoms with Crippen LogP contribution in [0.3, 0.4) is 0 Å². The average molecular weight is 244 g/mol. The van der Waals surface area contributed by atoms with E-state index in [2.05, 4.69) is 35.6 Å². The highest BCUT2D eigenvalue weighted by molar-refractivity contribution is 8.22. The molecule has 0 aromatic heterocycles. The van der Waals surface area contributed by atoms with Crippen molar-refractivity contribution in [3.05, 3.63) is 33.9 Å². The molecular formula is C11H16O2S2. The Morgan fingerprint density at radius 2 is 2.13 bits per heavy atom. The molecule has 0 aromatic carbocycles. The SMILES string of the molecule is CCOC(=O)C(S)=CCC[SH]1C=CC=C1. The number of rotatable bonds is 5. The largest absolute Gasteiger partial charge is 0.462 e. The average Bonchev–Trinajstić information content (AvgIpc) is 2.71. The van der Waals surface area contributed by atoms with E-state index < -0.39 is 0 Å². The van der Waals surface area contributed by atoms with E-state index in [0.29, 0.717) is 11.5 Å². The van der Waals surface area contributed by atoms with Gasteiger partial charge in [0.1, 0.15) is 0 Å². The van der Waals surface area contributed by atoms with E-state index in [-0.39, 0.29) is 16.9 Å². The third-order valence-corrected chi connectivity index (χ3v) is 4.13. The zero-order chi connectivity index (χ0) is 11.1. The zero-order valence-electron chi connectivity index (χ0n) is 8.72. The standard InChI is InChI=1S/C11H16O2S2/c1-2-13-11(12)10(14)6-5-9-15-7-3-4-8-15/h3-4,6-8,14-15H,2,5,9H2,1H3. The van der Waals surface area contributed by atoms with Crippen LogP contribution in [0, 0.1) is 0 Å². The highest BCUT2D eigenvalue weighted by Crippen LogP contribution is 2.33. The summed E-state index contributed by atoms with van der Waals surface area (Å²) in [5.74, 6) is 0.748. The van der Waals surface area contributed by atoms with Gasteiger partial charge >= 0.3 is 5.97 Å². The van der Waals surface area contributed by atoms with E-state index in [0.717, 1.165) is 12.2 Å². The molecule has 0 saturated heterocycles. The van der Waals surface area contributed by atoms with Crippen molar-refractivity contribution in [3.63, 3.8) is 0 Å². The van der Waals surface area contributed by atoms with Crippen molar-refractivity contribution in [2.24, 2.45) is 0 Å². The minimum absolute atomic E-state index is 0.0947. The van der Waals surface area contributed by atoms with E-state index in [9.17, 15) is 4.79 Å². The fraction of sp³-hybridized carbons (Fsp3) is 0.364. The monoisotopic (exact) mass is 244 g/mol. The van der Waals surface area contributed by atoms with Gasteiger partial charge in [0, 0.05) is 0 Å². The van der Waals surface area contributed by atoms with Crippen LogP contribution in [0.15, 0.2) is 33.9 Å². The summed E-state index contributed by atoms with van der Waals surface area (Å²) in [4.78, 5) is 11.6. The van der Waals surface area contributed by atoms with Crippen LogP contribution in [0.4, 0.5) is 0 Å². The topological polar surface area (TPSA) is 26.3 Å². The number of hydrogen-bond donors (Lipinski definition) is 2. The van der Waals surface area contributed by atoms with Crippen molar-refractivity contribution in [3.8, 4) is 0 Å². The zero-order valence-corrected chi connectivity index (χ0v) is 10.5. The minimum atomic E-state index is -0.328. The van der Waals surface area contributed by atoms with Gasteiger partial charge in [0.25, 0.3) is 0 Å². The summed E-state index contributed by atoms with van der Waals surface area (Å²) >= 11 is 4.09. The molecule has 0 fully saturated rings. The molecule has 15 heavy (non-hydrogen) atoms. The Hall–Kier alpha value is -0.610. The van der Waals surface area contributed by atoms with Crippen molar-refractivity contribution in [2.75, 3.05) is 12.4 Å². The number of hydrogen-bond acceptors (Lipinski definition) is 3. The third-order valence-electron chi connectivity index (χ3n) is 1.88. The van der Waals surface area contributed by atoms with Gasteiger partial charge in [-0.2, -0.15) is 0 Å². The van der Waals surface area contributed by atoms with Crippen LogP contribution < -0.4 is 0 Å². The van der Waals surface area contributed by atoms with Crippen LogP contribution in [0.2, 0.25) is 0 Å². The number of allylic oxidation sites excluding steroid dienone is 3. The Balaban J connectivity index is 2.27. The quantitative estimate of drug-likeness (QED) is 0.442. The summed E-state index contributed by atoms with van der Waals surface area (Å²) in [6.07, 6.45) is 6.85. The number of ether oxygens (including phenoxy) is 1. The molecule has 1 rings (SSSR count). The Morgan fingerprint density at radius 3 is 2.73 bits per heavy atom. The van der Waals surface area contributed by atoms with E-state index in [4.69, 9.17) is 4.74 Å². The summed E-state index contributed by atoms with van der Waals surface area (Å²) in [6.45, 7) is 2.19. The van der Waals surface area contributed by atoms with Crippen LogP contribution >= 0.6 is 23.5 Å². The minimum Gasteiger partial charge on any atom is -0.462 e. The molecule has 4 heteroatoms. The molecule has 0 saturated carbocycles. The maximum Gasteiger partial charge on any atom is 0.343 e. The first kappa shape index (κ1) is 12.5. The van der Waals surface area contributed by atoms with Crippen LogP contribution in [-0.4, -0.2) is 18.3 Å². The Labute approximate surface area is 98.8 Å². The second kappa shape index (κ2) is 6.80. The second-order valence-corrected chi connectivity index (χ2v) is 5.57. The first-order chi connectivity index (χ1) is 7.24. The van der Waals surface area contributed by atoms with Gasteiger partial charge in [-0.3, -0.25) is 0 Å². The molecule has 1 aliphatic rings. The van der Waals surface area contributed by atoms with Crippen LogP contribution in [-0.2, 0) is 9.53 Å². The van der Waals surface area contributed by atoms with Gasteiger partial charge in [-0.1, -0.05) is 18.2 Å². The molecule has 2 nitrogen and oxygen atoms in total. The lowest BCUT2D eigenvalue weighted by atomic mass is 10.4. The molecule has 1 aliphatic heterocycles. The number of thiol groups is 2. The Bertz CT molecular complexity index is 294. The molecule has 0 amide bonds. The van der Waals surface area contributed by atoms with Crippen LogP contribution in [0.5, 0.6) is 0 Å². The maximum absolute atomic E-state index is 11.2. The maximum atomic E-state index is 11.2. The van der Waals surface area contributed by atoms with Gasteiger partial charge in [-0.15, -0.1) is 12.6 Å². The molecule has 0 N–H and O–H groups in total. The van der Waals surface area contributed by atoms with E-state index in [1.807, 2.05) is 6.08 Å². The first-order valence-electron chi connectivity index (χ1n) is 4.91. The smallest absolute Gasteiger partial charge is 0.343 e. The van der Waals surface area contributed by atoms with Crippen molar-refractivity contribution < 1.29 is 9.53 Å². The first-order valence-corrected chi connectivity index (χ1v) is 7.02. The molecule has 0 atom stereocenters. The molecule has 84 valence electrons. The molecule has 1 heterocycles. The Kier molecular flexibility index (Phi) is 5.65. The van der Waals surface area contributed by atoms with E-state index >= 15 is 0 Å². The summed E-state index contributed by atoms with van der Waals surface area (Å²) in [6, 6.07) is 0. The van der Waals surface area contributed by atoms with Crippen molar-refractivity contribution in [2.45, 2.75) is 13.3 Å². The summed E-state index contributed by atoms with van der Waals surface area (Å²) in [7, 11) is -0.0947. The van der Waals surface area contributed by atoms with Crippen LogP contribution in [0.25, 0.3) is 0 Å². The van der Waals surface area contributed by atoms with Crippen molar-refractivity contribution in [1.29, 1.82) is 0 Å². The summed E-state index contributed by atoms with van der Waals surface area (Å²) in [5.41, 5.74) is 0. The predicted molar refractivity (Wildman–Crippen MR) is 70.5 cm³/mol. The fourth-order valence-electron chi connectivity index (χ4n) is 1.16. The fourth-order valence-corrected chi connectivity index (χ4v) is 2.82. The van der Waals surface area contributed by atoms with Crippen molar-refractivity contribution >= 4 is 29.5 Å². The molecule has 0 aromatic rings. The molecular weight excluding hydrogens is 228 g/mol. The van der Waals surface area contributed by atoms with Gasteiger partial charge in [0.15, 0.2) is 0 Å². The van der Waals surface area contributed by atoms with Gasteiger partial charge in [0.2, 0.25) is 0 Å². The second-order valence-electron chi connectivity index (χ2n) is 3.02. The molecule has 0 radical (unpaired) electrons. The Morgan fingerprint density at radius 1 is 1.47 bits per heavy atom. The molecule has 0 aliphatic carbocycles. The lowest BCUT2D eigenvalue weighted by molar-refractivity contribution is -0.137. The summed E-state index contributed by atoms with van der Waals surface area (Å²) in [5, 5.41) is 4.43. The van der Waals surface area contributed by atoms with Crippen molar-refractivity contribution in [1.82, 2.24) is 0 Å². The molecule has 0 bridgehead atoms. The number of carbonyl (C=O) groups excluding carboxylic acids is 1. The van der Waals surface area contributed by atoms with Gasteiger partial charge in [-0.25, -0.2) is 15.7 Å². The van der Waals surface area contributed by atoms with Crippen LogP contribution in [0.1, 0.15) is 13.3 Å². The molecule has 0 spiro atoms. The third kappa shape index (κ3) is 4.62. The van der Waals surface area contributed by atoms with Gasteiger partial charge in [0.05, 0.1) is 11.5 Å². The predicted octanol–water partition coefficient (Wildman–Crippen LogP) is 2.80. The van der Waals surface area contributed by atoms with Gasteiger partial charge < -0.3 is 4.74 Å². The number of esters is 1. The van der Waals surface area contributed by atoms with E-state index in [1.54, 1.807) is 6.92 Å².